The van der Waals surface area contributed by atoms with Crippen LogP contribution in [0.5, 0.6) is 0 Å². The highest BCUT2D eigenvalue weighted by molar-refractivity contribution is 7.80. The number of hydrogen-bond donors (Lipinski definition) is 2. The summed E-state index contributed by atoms with van der Waals surface area (Å²) in [5.41, 5.74) is 1.52. The summed E-state index contributed by atoms with van der Waals surface area (Å²) in [7, 11) is 0. The Hall–Kier alpha value is -1.16. The van der Waals surface area contributed by atoms with Gasteiger partial charge in [0.15, 0.2) is 5.11 Å². The van der Waals surface area contributed by atoms with Crippen LogP contribution in [0.3, 0.4) is 0 Å². The van der Waals surface area contributed by atoms with Crippen LogP contribution in [0.15, 0.2) is 24.3 Å². The predicted octanol–water partition coefficient (Wildman–Crippen LogP) is 5.17. The minimum atomic E-state index is -0.195. The average Bonchev–Trinajstić information content (AvgIpc) is 2.60. The lowest BCUT2D eigenvalue weighted by molar-refractivity contribution is -0.0720. The van der Waals surface area contributed by atoms with Crippen molar-refractivity contribution < 1.29 is 4.39 Å². The Bertz CT molecular complexity index is 607. The number of nitrogens with one attached hydrogen (secondary N) is 2. The Labute approximate surface area is 162 Å². The van der Waals surface area contributed by atoms with E-state index in [1.807, 2.05) is 12.1 Å². The van der Waals surface area contributed by atoms with Crippen LogP contribution in [0, 0.1) is 29.0 Å². The summed E-state index contributed by atoms with van der Waals surface area (Å²) in [6.07, 6.45) is 11.0. The van der Waals surface area contributed by atoms with Crippen molar-refractivity contribution in [2.24, 2.45) is 23.2 Å². The molecule has 0 heterocycles. The second-order valence-corrected chi connectivity index (χ2v) is 9.48. The third-order valence-corrected chi connectivity index (χ3v) is 7.34. The summed E-state index contributed by atoms with van der Waals surface area (Å²) >= 11 is 5.63. The molecule has 1 aromatic carbocycles. The highest BCUT2D eigenvalue weighted by Crippen LogP contribution is 2.61. The largest absolute Gasteiger partial charge is 0.359 e. The number of thiocarbonyl (C=S) groups is 1. The van der Waals surface area contributed by atoms with Gasteiger partial charge in [-0.1, -0.05) is 25.5 Å². The molecule has 4 bridgehead atoms. The Morgan fingerprint density at radius 1 is 1.12 bits per heavy atom. The van der Waals surface area contributed by atoms with Crippen LogP contribution in [0.2, 0.25) is 0 Å². The fourth-order valence-electron chi connectivity index (χ4n) is 6.42. The first-order chi connectivity index (χ1) is 12.6. The Kier molecular flexibility index (Phi) is 5.22. The van der Waals surface area contributed by atoms with E-state index in [-0.39, 0.29) is 5.82 Å². The van der Waals surface area contributed by atoms with Gasteiger partial charge in [0.1, 0.15) is 5.82 Å². The molecule has 4 saturated carbocycles. The summed E-state index contributed by atoms with van der Waals surface area (Å²) in [5.74, 6) is 2.69. The maximum atomic E-state index is 13.0. The molecule has 5 rings (SSSR count). The van der Waals surface area contributed by atoms with Gasteiger partial charge in [0, 0.05) is 12.6 Å². The van der Waals surface area contributed by atoms with E-state index in [1.54, 1.807) is 0 Å². The molecule has 0 aromatic heterocycles. The van der Waals surface area contributed by atoms with Crippen molar-refractivity contribution in [1.29, 1.82) is 0 Å². The highest BCUT2D eigenvalue weighted by atomic mass is 32.1. The summed E-state index contributed by atoms with van der Waals surface area (Å²) < 4.78 is 13.0. The lowest BCUT2D eigenvalue weighted by Crippen LogP contribution is -2.58. The molecule has 142 valence electrons. The van der Waals surface area contributed by atoms with E-state index in [2.05, 4.69) is 17.6 Å². The third-order valence-electron chi connectivity index (χ3n) is 7.07. The van der Waals surface area contributed by atoms with Crippen molar-refractivity contribution in [2.75, 3.05) is 0 Å². The first-order valence-electron chi connectivity index (χ1n) is 10.3. The maximum Gasteiger partial charge on any atom is 0.166 e. The quantitative estimate of drug-likeness (QED) is 0.671. The predicted molar refractivity (Wildman–Crippen MR) is 108 cm³/mol. The van der Waals surface area contributed by atoms with Crippen LogP contribution in [-0.4, -0.2) is 11.2 Å². The molecule has 0 radical (unpaired) electrons. The number of hydrogen-bond acceptors (Lipinski definition) is 1. The molecule has 1 atom stereocenters. The topological polar surface area (TPSA) is 24.1 Å². The first kappa shape index (κ1) is 18.2. The molecule has 0 unspecified atom stereocenters. The van der Waals surface area contributed by atoms with Crippen LogP contribution in [0.4, 0.5) is 4.39 Å². The second-order valence-electron chi connectivity index (χ2n) is 9.07. The lowest BCUT2D eigenvalue weighted by Gasteiger charge is -2.59. The van der Waals surface area contributed by atoms with Gasteiger partial charge in [-0.05, 0) is 98.0 Å². The first-order valence-corrected chi connectivity index (χ1v) is 10.8. The standard InChI is InChI=1S/C22H31FN2S/c1-2-3-20(22-11-16-8-17(12-22)10-18(9-16)13-22)25-21(26)24-14-15-4-6-19(23)7-5-15/h4-7,16-18,20H,2-3,8-14H2,1H3,(H2,24,25,26)/t16?,17?,18?,20-,22?/m1/s1. The smallest absolute Gasteiger partial charge is 0.166 e. The van der Waals surface area contributed by atoms with E-state index in [1.165, 1.54) is 63.5 Å². The molecule has 4 aliphatic carbocycles. The van der Waals surface area contributed by atoms with E-state index in [4.69, 9.17) is 12.2 Å². The van der Waals surface area contributed by atoms with Gasteiger partial charge in [0.25, 0.3) is 0 Å². The van der Waals surface area contributed by atoms with Gasteiger partial charge in [0.2, 0.25) is 0 Å². The maximum absolute atomic E-state index is 13.0. The van der Waals surface area contributed by atoms with Gasteiger partial charge in [-0.25, -0.2) is 4.39 Å². The number of benzene rings is 1. The Morgan fingerprint density at radius 2 is 1.69 bits per heavy atom. The van der Waals surface area contributed by atoms with Crippen LogP contribution < -0.4 is 10.6 Å². The zero-order valence-electron chi connectivity index (χ0n) is 15.8. The van der Waals surface area contributed by atoms with Crippen molar-refractivity contribution >= 4 is 17.3 Å². The number of halogens is 1. The average molecular weight is 375 g/mol. The SMILES string of the molecule is CCC[C@@H](NC(=S)NCc1ccc(F)cc1)C12CC3CC(CC(C3)C1)C2. The molecule has 4 heteroatoms. The normalized spacial score (nSPS) is 33.1. The minimum absolute atomic E-state index is 0.195. The molecular formula is C22H31FN2S. The summed E-state index contributed by atoms with van der Waals surface area (Å²) in [6.45, 7) is 2.93. The van der Waals surface area contributed by atoms with Crippen molar-refractivity contribution in [3.05, 3.63) is 35.6 Å². The molecule has 2 N–H and O–H groups in total. The molecule has 4 fully saturated rings. The fraction of sp³-hybridized carbons (Fsp3) is 0.682. The van der Waals surface area contributed by atoms with Crippen molar-refractivity contribution in [3.8, 4) is 0 Å². The summed E-state index contributed by atoms with van der Waals surface area (Å²) in [6, 6.07) is 7.13. The zero-order valence-corrected chi connectivity index (χ0v) is 16.6. The van der Waals surface area contributed by atoms with Gasteiger partial charge >= 0.3 is 0 Å². The van der Waals surface area contributed by atoms with Crippen LogP contribution in [0.25, 0.3) is 0 Å². The van der Waals surface area contributed by atoms with E-state index >= 15 is 0 Å². The van der Waals surface area contributed by atoms with Gasteiger partial charge in [0.05, 0.1) is 0 Å². The van der Waals surface area contributed by atoms with Gasteiger partial charge in [-0.2, -0.15) is 0 Å². The van der Waals surface area contributed by atoms with Crippen LogP contribution >= 0.6 is 12.2 Å². The van der Waals surface area contributed by atoms with E-state index in [9.17, 15) is 4.39 Å². The van der Waals surface area contributed by atoms with Gasteiger partial charge in [-0.15, -0.1) is 0 Å². The monoisotopic (exact) mass is 374 g/mol. The third kappa shape index (κ3) is 3.76. The molecule has 0 spiro atoms. The van der Waals surface area contributed by atoms with E-state index in [0.29, 0.717) is 18.0 Å². The molecular weight excluding hydrogens is 343 g/mol. The molecule has 4 aliphatic rings. The lowest BCUT2D eigenvalue weighted by atomic mass is 9.47. The summed E-state index contributed by atoms with van der Waals surface area (Å²) in [5, 5.41) is 7.79. The van der Waals surface area contributed by atoms with Crippen LogP contribution in [-0.2, 0) is 6.54 Å². The molecule has 1 aromatic rings. The molecule has 0 aliphatic heterocycles. The van der Waals surface area contributed by atoms with E-state index in [0.717, 1.165) is 28.4 Å². The van der Waals surface area contributed by atoms with E-state index < -0.39 is 0 Å². The molecule has 26 heavy (non-hydrogen) atoms. The second kappa shape index (κ2) is 7.46. The van der Waals surface area contributed by atoms with Crippen molar-refractivity contribution in [1.82, 2.24) is 10.6 Å². The highest BCUT2D eigenvalue weighted by Gasteiger charge is 2.54. The molecule has 0 amide bonds. The van der Waals surface area contributed by atoms with Crippen LogP contribution in [0.1, 0.15) is 63.9 Å². The minimum Gasteiger partial charge on any atom is -0.359 e. The zero-order chi connectivity index (χ0) is 18.1. The van der Waals surface area contributed by atoms with Gasteiger partial charge < -0.3 is 10.6 Å². The van der Waals surface area contributed by atoms with Crippen molar-refractivity contribution in [2.45, 2.75) is 70.9 Å². The molecule has 0 saturated heterocycles. The Balaban J connectivity index is 1.39. The fourth-order valence-corrected chi connectivity index (χ4v) is 6.63. The van der Waals surface area contributed by atoms with Gasteiger partial charge in [-0.3, -0.25) is 0 Å². The Morgan fingerprint density at radius 3 is 2.23 bits per heavy atom. The molecule has 2 nitrogen and oxygen atoms in total. The summed E-state index contributed by atoms with van der Waals surface area (Å²) in [4.78, 5) is 0. The number of rotatable bonds is 6. The van der Waals surface area contributed by atoms with Crippen molar-refractivity contribution in [3.63, 3.8) is 0 Å².